The lowest BCUT2D eigenvalue weighted by Crippen LogP contribution is -2.30. The first-order valence-electron chi connectivity index (χ1n) is 2.65. The Bertz CT molecular complexity index is 97.0. The van der Waals surface area contributed by atoms with Crippen LogP contribution in [0.4, 0.5) is 0 Å². The summed E-state index contributed by atoms with van der Waals surface area (Å²) in [6, 6.07) is -0.683. The van der Waals surface area contributed by atoms with Gasteiger partial charge in [0, 0.05) is 0 Å². The van der Waals surface area contributed by atoms with Gasteiger partial charge in [0.1, 0.15) is 6.04 Å². The van der Waals surface area contributed by atoms with Gasteiger partial charge in [0.15, 0.2) is 0 Å². The lowest BCUT2D eigenvalue weighted by Gasteiger charge is -2.02. The average molecular weight is 150 g/mol. The van der Waals surface area contributed by atoms with Gasteiger partial charge < -0.3 is 10.8 Å². The molecule has 1 unspecified atom stereocenters. The Hall–Kier alpha value is -0.220. The van der Waals surface area contributed by atoms with Crippen LogP contribution in [0.15, 0.2) is 0 Å². The molecule has 0 radical (unpaired) electrons. The van der Waals surface area contributed by atoms with Gasteiger partial charge in [0.05, 0.1) is 0 Å². The second-order valence-electron chi connectivity index (χ2n) is 1.73. The summed E-state index contributed by atoms with van der Waals surface area (Å²) in [5.41, 5.74) is 5.19. The van der Waals surface area contributed by atoms with Gasteiger partial charge in [-0.2, -0.15) is 11.8 Å². The summed E-state index contributed by atoms with van der Waals surface area (Å²) in [7, 11) is 0. The van der Waals surface area contributed by atoms with Crippen LogP contribution < -0.4 is 5.73 Å². The standard InChI is InChI=1S/C5H11NO2S/c1-9-3-2-4(6)5(7)8/h4H,2-3,6H2,1H3,(H,7,8)/i5+1. The fourth-order valence-electron chi connectivity index (χ4n) is 0.368. The predicted octanol–water partition coefficient (Wildman–Crippen LogP) is 0.151. The van der Waals surface area contributed by atoms with Gasteiger partial charge in [-0.05, 0) is 18.4 Å². The molecule has 0 rings (SSSR count). The lowest BCUT2D eigenvalue weighted by atomic mass is 10.4. The Kier molecular flexibility index (Phi) is 4.53. The fraction of sp³-hybridized carbons (Fsp3) is 0.800. The largest absolute Gasteiger partial charge is 0.480 e. The van der Waals surface area contributed by atoms with Crippen LogP contribution in [0.25, 0.3) is 0 Å². The molecular weight excluding hydrogens is 139 g/mol. The minimum absolute atomic E-state index is 0.552. The predicted molar refractivity (Wildman–Crippen MR) is 38.6 cm³/mol. The number of hydrogen-bond donors (Lipinski definition) is 2. The summed E-state index contributed by atoms with van der Waals surface area (Å²) in [4.78, 5) is 10.1. The van der Waals surface area contributed by atoms with Crippen LogP contribution in [-0.2, 0) is 4.79 Å². The topological polar surface area (TPSA) is 63.3 Å². The molecule has 0 aromatic carbocycles. The molecular formula is C5H11NO2S. The molecule has 1 atom stereocenters. The van der Waals surface area contributed by atoms with Gasteiger partial charge in [-0.15, -0.1) is 0 Å². The molecule has 0 bridgehead atoms. The fourth-order valence-corrected chi connectivity index (χ4v) is 0.858. The summed E-state index contributed by atoms with van der Waals surface area (Å²) in [5.74, 6) is -0.1000. The van der Waals surface area contributed by atoms with E-state index in [0.29, 0.717) is 6.42 Å². The number of aliphatic carboxylic acids is 1. The van der Waals surface area contributed by atoms with Gasteiger partial charge in [-0.3, -0.25) is 4.79 Å². The molecule has 0 fully saturated rings. The van der Waals surface area contributed by atoms with Crippen molar-refractivity contribution in [3.8, 4) is 0 Å². The smallest absolute Gasteiger partial charge is 0.320 e. The van der Waals surface area contributed by atoms with Crippen molar-refractivity contribution in [3.63, 3.8) is 0 Å². The summed E-state index contributed by atoms with van der Waals surface area (Å²) >= 11 is 1.60. The van der Waals surface area contributed by atoms with E-state index in [4.69, 9.17) is 10.8 Å². The number of carboxylic acid groups (broad SMARTS) is 1. The zero-order chi connectivity index (χ0) is 7.28. The van der Waals surface area contributed by atoms with Crippen molar-refractivity contribution in [2.45, 2.75) is 12.5 Å². The Balaban J connectivity index is 3.27. The highest BCUT2D eigenvalue weighted by atomic mass is 32.2. The molecule has 0 aliphatic heterocycles. The van der Waals surface area contributed by atoms with Crippen LogP contribution in [0.5, 0.6) is 0 Å². The first-order chi connectivity index (χ1) is 4.18. The van der Waals surface area contributed by atoms with Gasteiger partial charge in [-0.25, -0.2) is 0 Å². The summed E-state index contributed by atoms with van der Waals surface area (Å²) in [6.45, 7) is 0. The zero-order valence-corrected chi connectivity index (χ0v) is 6.15. The van der Waals surface area contributed by atoms with E-state index in [1.807, 2.05) is 6.26 Å². The van der Waals surface area contributed by atoms with Crippen molar-refractivity contribution < 1.29 is 9.90 Å². The van der Waals surface area contributed by atoms with Crippen LogP contribution in [0, 0.1) is 0 Å². The van der Waals surface area contributed by atoms with Crippen molar-refractivity contribution in [3.05, 3.63) is 0 Å². The Morgan fingerprint density at radius 1 is 1.89 bits per heavy atom. The van der Waals surface area contributed by atoms with Gasteiger partial charge in [-0.1, -0.05) is 0 Å². The van der Waals surface area contributed by atoms with Crippen LogP contribution in [-0.4, -0.2) is 29.1 Å². The highest BCUT2D eigenvalue weighted by Gasteiger charge is 2.08. The van der Waals surface area contributed by atoms with E-state index in [1.165, 1.54) is 0 Å². The monoisotopic (exact) mass is 150 g/mol. The van der Waals surface area contributed by atoms with E-state index >= 15 is 0 Å². The van der Waals surface area contributed by atoms with E-state index < -0.39 is 12.0 Å². The maximum atomic E-state index is 10.1. The molecule has 0 heterocycles. The van der Waals surface area contributed by atoms with Gasteiger partial charge >= 0.3 is 5.97 Å². The molecule has 0 aliphatic rings. The number of hydrogen-bond acceptors (Lipinski definition) is 3. The number of thioether (sulfide) groups is 1. The molecule has 0 aromatic rings. The quantitative estimate of drug-likeness (QED) is 0.560. The van der Waals surface area contributed by atoms with Crippen LogP contribution in [0.1, 0.15) is 6.42 Å². The van der Waals surface area contributed by atoms with Crippen molar-refractivity contribution in [2.24, 2.45) is 5.73 Å². The normalized spacial score (nSPS) is 13.1. The third kappa shape index (κ3) is 4.29. The summed E-state index contributed by atoms with van der Waals surface area (Å²) < 4.78 is 0. The van der Waals surface area contributed by atoms with Crippen molar-refractivity contribution in [1.29, 1.82) is 0 Å². The molecule has 54 valence electrons. The van der Waals surface area contributed by atoms with Crippen LogP contribution in [0.2, 0.25) is 0 Å². The van der Waals surface area contributed by atoms with E-state index in [2.05, 4.69) is 0 Å². The molecule has 0 saturated carbocycles. The molecule has 0 saturated heterocycles. The number of carboxylic acids is 1. The molecule has 0 spiro atoms. The first kappa shape index (κ1) is 8.78. The van der Waals surface area contributed by atoms with Crippen molar-refractivity contribution in [1.82, 2.24) is 0 Å². The molecule has 0 amide bonds. The molecule has 3 nitrogen and oxygen atoms in total. The molecule has 0 aromatic heterocycles. The molecule has 9 heavy (non-hydrogen) atoms. The minimum Gasteiger partial charge on any atom is -0.480 e. The first-order valence-corrected chi connectivity index (χ1v) is 4.05. The highest BCUT2D eigenvalue weighted by Crippen LogP contribution is 1.97. The second kappa shape index (κ2) is 4.64. The second-order valence-corrected chi connectivity index (χ2v) is 2.71. The van der Waals surface area contributed by atoms with Crippen molar-refractivity contribution >= 4 is 17.7 Å². The van der Waals surface area contributed by atoms with Crippen LogP contribution in [0.3, 0.4) is 0 Å². The maximum Gasteiger partial charge on any atom is 0.320 e. The third-order valence-corrected chi connectivity index (χ3v) is 1.59. The summed E-state index contributed by atoms with van der Waals surface area (Å²) in [5, 5.41) is 8.27. The van der Waals surface area contributed by atoms with E-state index in [-0.39, 0.29) is 0 Å². The van der Waals surface area contributed by atoms with E-state index in [1.54, 1.807) is 11.8 Å². The number of rotatable bonds is 4. The summed E-state index contributed by atoms with van der Waals surface area (Å²) in [6.07, 6.45) is 2.48. The Labute approximate surface area is 58.6 Å². The zero-order valence-electron chi connectivity index (χ0n) is 5.33. The average Bonchev–Trinajstić information content (AvgIpc) is 1.82. The molecule has 3 N–H and O–H groups in total. The van der Waals surface area contributed by atoms with Crippen LogP contribution >= 0.6 is 11.8 Å². The van der Waals surface area contributed by atoms with Gasteiger partial charge in [0.2, 0.25) is 0 Å². The lowest BCUT2D eigenvalue weighted by molar-refractivity contribution is -0.138. The molecule has 0 aliphatic carbocycles. The van der Waals surface area contributed by atoms with Crippen molar-refractivity contribution in [2.75, 3.05) is 12.0 Å². The highest BCUT2D eigenvalue weighted by molar-refractivity contribution is 7.98. The minimum atomic E-state index is -0.913. The van der Waals surface area contributed by atoms with E-state index in [0.717, 1.165) is 5.75 Å². The number of carbonyl (C=O) groups is 1. The SMILES string of the molecule is CSCCC(N)[13C](=O)O. The Morgan fingerprint density at radius 2 is 2.44 bits per heavy atom. The van der Waals surface area contributed by atoms with E-state index in [9.17, 15) is 4.79 Å². The van der Waals surface area contributed by atoms with Gasteiger partial charge in [0.25, 0.3) is 0 Å². The third-order valence-electron chi connectivity index (χ3n) is 0.950. The Morgan fingerprint density at radius 3 is 2.78 bits per heavy atom. The number of nitrogens with two attached hydrogens (primary N) is 1. The molecule has 4 heteroatoms. The maximum absolute atomic E-state index is 10.1.